The Hall–Kier alpha value is -1.87. The summed E-state index contributed by atoms with van der Waals surface area (Å²) in [4.78, 5) is 4.25. The van der Waals surface area contributed by atoms with Crippen LogP contribution in [0.1, 0.15) is 31.9 Å². The molecule has 0 radical (unpaired) electrons. The minimum atomic E-state index is -0.0225. The Morgan fingerprint density at radius 2 is 1.86 bits per heavy atom. The molecule has 1 aromatic carbocycles. The lowest BCUT2D eigenvalue weighted by Gasteiger charge is -2.19. The van der Waals surface area contributed by atoms with Gasteiger partial charge in [0, 0.05) is 12.2 Å². The number of benzene rings is 1. The van der Waals surface area contributed by atoms with Crippen molar-refractivity contribution < 1.29 is 4.74 Å². The Kier molecular flexibility index (Phi) is 4.97. The molecule has 0 spiro atoms. The average molecular weight is 284 g/mol. The molecular formula is C18H24N2O. The van der Waals surface area contributed by atoms with Gasteiger partial charge in [0.1, 0.15) is 12.4 Å². The highest BCUT2D eigenvalue weighted by molar-refractivity contribution is 5.28. The third-order valence-corrected chi connectivity index (χ3v) is 3.38. The molecule has 0 aliphatic heterocycles. The third kappa shape index (κ3) is 4.87. The molecule has 2 N–H and O–H groups in total. The van der Waals surface area contributed by atoms with Crippen molar-refractivity contribution in [3.05, 3.63) is 59.9 Å². The van der Waals surface area contributed by atoms with Gasteiger partial charge in [0.15, 0.2) is 0 Å². The summed E-state index contributed by atoms with van der Waals surface area (Å²) in [6.07, 6.45) is 4.44. The van der Waals surface area contributed by atoms with Gasteiger partial charge in [-0.3, -0.25) is 4.98 Å². The van der Waals surface area contributed by atoms with Gasteiger partial charge in [-0.05, 0) is 29.0 Å². The van der Waals surface area contributed by atoms with Gasteiger partial charge in [-0.2, -0.15) is 0 Å². The van der Waals surface area contributed by atoms with E-state index in [2.05, 4.69) is 37.9 Å². The second-order valence-electron chi connectivity index (χ2n) is 6.42. The summed E-state index contributed by atoms with van der Waals surface area (Å²) in [5.74, 6) is 0.783. The van der Waals surface area contributed by atoms with E-state index in [1.165, 1.54) is 5.56 Å². The van der Waals surface area contributed by atoms with Gasteiger partial charge in [-0.1, -0.05) is 51.1 Å². The van der Waals surface area contributed by atoms with E-state index >= 15 is 0 Å². The smallest absolute Gasteiger partial charge is 0.137 e. The lowest BCUT2D eigenvalue weighted by Crippen LogP contribution is -2.30. The number of ether oxygens (including phenoxy) is 1. The summed E-state index contributed by atoms with van der Waals surface area (Å²) >= 11 is 0. The topological polar surface area (TPSA) is 48.1 Å². The third-order valence-electron chi connectivity index (χ3n) is 3.38. The fourth-order valence-electron chi connectivity index (χ4n) is 2.09. The molecule has 21 heavy (non-hydrogen) atoms. The number of nitrogens with zero attached hydrogens (tertiary/aromatic N) is 1. The maximum atomic E-state index is 6.13. The lowest BCUT2D eigenvalue weighted by atomic mass is 9.88. The van der Waals surface area contributed by atoms with E-state index in [4.69, 9.17) is 10.5 Å². The van der Waals surface area contributed by atoms with Gasteiger partial charge in [0.05, 0.1) is 6.20 Å². The second kappa shape index (κ2) is 6.72. The molecule has 3 nitrogen and oxygen atoms in total. The van der Waals surface area contributed by atoms with E-state index in [0.29, 0.717) is 6.61 Å². The highest BCUT2D eigenvalue weighted by atomic mass is 16.5. The standard InChI is InChI=1S/C18H24N2O/c1-18(2,3)15-10-17(12-20-11-15)21-13-16(19)9-14-7-5-4-6-8-14/h4-8,10-12,16H,9,13,19H2,1-3H3/t16-/m1/s1. The number of rotatable bonds is 5. The molecule has 112 valence electrons. The Bertz CT molecular complexity index is 561. The first-order chi connectivity index (χ1) is 9.95. The van der Waals surface area contributed by atoms with Crippen LogP contribution in [0.5, 0.6) is 5.75 Å². The van der Waals surface area contributed by atoms with Crippen LogP contribution in [0.25, 0.3) is 0 Å². The van der Waals surface area contributed by atoms with E-state index in [1.807, 2.05) is 30.5 Å². The first kappa shape index (κ1) is 15.5. The fourth-order valence-corrected chi connectivity index (χ4v) is 2.09. The second-order valence-corrected chi connectivity index (χ2v) is 6.42. The summed E-state index contributed by atoms with van der Waals surface area (Å²) in [5, 5.41) is 0. The Labute approximate surface area is 127 Å². The zero-order valence-electron chi connectivity index (χ0n) is 13.0. The van der Waals surface area contributed by atoms with Crippen LogP contribution in [0.15, 0.2) is 48.8 Å². The lowest BCUT2D eigenvalue weighted by molar-refractivity contribution is 0.286. The van der Waals surface area contributed by atoms with Crippen molar-refractivity contribution in [2.75, 3.05) is 6.61 Å². The predicted molar refractivity (Wildman–Crippen MR) is 86.6 cm³/mol. The van der Waals surface area contributed by atoms with Crippen LogP contribution in [-0.2, 0) is 11.8 Å². The van der Waals surface area contributed by atoms with Crippen molar-refractivity contribution in [2.45, 2.75) is 38.6 Å². The SMILES string of the molecule is CC(C)(C)c1cncc(OC[C@H](N)Cc2ccccc2)c1. The Morgan fingerprint density at radius 1 is 1.14 bits per heavy atom. The molecule has 2 rings (SSSR count). The van der Waals surface area contributed by atoms with Crippen LogP contribution >= 0.6 is 0 Å². The number of aromatic nitrogens is 1. The van der Waals surface area contributed by atoms with Crippen LogP contribution in [0, 0.1) is 0 Å². The average Bonchev–Trinajstić information content (AvgIpc) is 2.46. The van der Waals surface area contributed by atoms with Gasteiger partial charge in [0.2, 0.25) is 0 Å². The van der Waals surface area contributed by atoms with Gasteiger partial charge < -0.3 is 10.5 Å². The molecule has 0 saturated heterocycles. The molecule has 0 aliphatic rings. The molecular weight excluding hydrogens is 260 g/mol. The molecule has 1 heterocycles. The highest BCUT2D eigenvalue weighted by Gasteiger charge is 2.15. The quantitative estimate of drug-likeness (QED) is 0.916. The largest absolute Gasteiger partial charge is 0.490 e. The number of hydrogen-bond donors (Lipinski definition) is 1. The molecule has 0 fully saturated rings. The van der Waals surface area contributed by atoms with E-state index in [0.717, 1.165) is 17.7 Å². The van der Waals surface area contributed by atoms with Gasteiger partial charge in [-0.15, -0.1) is 0 Å². The van der Waals surface area contributed by atoms with E-state index < -0.39 is 0 Å². The minimum Gasteiger partial charge on any atom is -0.490 e. The zero-order chi connectivity index (χ0) is 15.3. The maximum absolute atomic E-state index is 6.13. The van der Waals surface area contributed by atoms with E-state index in [1.54, 1.807) is 6.20 Å². The molecule has 0 aliphatic carbocycles. The zero-order valence-corrected chi connectivity index (χ0v) is 13.0. The van der Waals surface area contributed by atoms with Crippen LogP contribution in [0.3, 0.4) is 0 Å². The van der Waals surface area contributed by atoms with Crippen molar-refractivity contribution in [1.29, 1.82) is 0 Å². The predicted octanol–water partition coefficient (Wildman–Crippen LogP) is 3.33. The summed E-state index contributed by atoms with van der Waals surface area (Å²) in [5.41, 5.74) is 8.60. The van der Waals surface area contributed by atoms with Crippen molar-refractivity contribution in [3.63, 3.8) is 0 Å². The number of nitrogens with two attached hydrogens (primary N) is 1. The highest BCUT2D eigenvalue weighted by Crippen LogP contribution is 2.24. The Morgan fingerprint density at radius 3 is 2.52 bits per heavy atom. The van der Waals surface area contributed by atoms with Gasteiger partial charge in [0.25, 0.3) is 0 Å². The molecule has 0 saturated carbocycles. The monoisotopic (exact) mass is 284 g/mol. The van der Waals surface area contributed by atoms with Crippen molar-refractivity contribution in [1.82, 2.24) is 4.98 Å². The normalized spacial score (nSPS) is 13.0. The molecule has 0 amide bonds. The van der Waals surface area contributed by atoms with Crippen molar-refractivity contribution in [3.8, 4) is 5.75 Å². The number of pyridine rings is 1. The summed E-state index contributed by atoms with van der Waals surface area (Å²) < 4.78 is 5.79. The maximum Gasteiger partial charge on any atom is 0.137 e. The van der Waals surface area contributed by atoms with Crippen LogP contribution in [-0.4, -0.2) is 17.6 Å². The molecule has 2 aromatic rings. The first-order valence-corrected chi connectivity index (χ1v) is 7.33. The number of hydrogen-bond acceptors (Lipinski definition) is 3. The minimum absolute atomic E-state index is 0.0225. The van der Waals surface area contributed by atoms with Gasteiger partial charge >= 0.3 is 0 Å². The molecule has 3 heteroatoms. The molecule has 0 bridgehead atoms. The first-order valence-electron chi connectivity index (χ1n) is 7.33. The van der Waals surface area contributed by atoms with E-state index in [-0.39, 0.29) is 11.5 Å². The van der Waals surface area contributed by atoms with Crippen LogP contribution in [0.4, 0.5) is 0 Å². The summed E-state index contributed by atoms with van der Waals surface area (Å²) in [6.45, 7) is 6.98. The fraction of sp³-hybridized carbons (Fsp3) is 0.389. The van der Waals surface area contributed by atoms with Crippen molar-refractivity contribution in [2.24, 2.45) is 5.73 Å². The Balaban J connectivity index is 1.91. The summed E-state index contributed by atoms with van der Waals surface area (Å²) in [6, 6.07) is 12.3. The van der Waals surface area contributed by atoms with Crippen LogP contribution < -0.4 is 10.5 Å². The van der Waals surface area contributed by atoms with Gasteiger partial charge in [-0.25, -0.2) is 0 Å². The van der Waals surface area contributed by atoms with Crippen molar-refractivity contribution >= 4 is 0 Å². The molecule has 1 aromatic heterocycles. The van der Waals surface area contributed by atoms with Crippen LogP contribution in [0.2, 0.25) is 0 Å². The van der Waals surface area contributed by atoms with E-state index in [9.17, 15) is 0 Å². The summed E-state index contributed by atoms with van der Waals surface area (Å²) in [7, 11) is 0. The molecule has 1 atom stereocenters. The molecule has 0 unspecified atom stereocenters.